The Hall–Kier alpha value is -3.05. The molecule has 0 saturated heterocycles. The van der Waals surface area contributed by atoms with Gasteiger partial charge in [-0.05, 0) is 61.1 Å². The number of carbonyl (C=O) groups is 2. The number of carbonyl (C=O) groups excluding carboxylic acids is 2. The monoisotopic (exact) mass is 499 g/mol. The molecule has 0 aliphatic heterocycles. The number of nitrogens with one attached hydrogen (secondary N) is 1. The van der Waals surface area contributed by atoms with E-state index in [0.717, 1.165) is 29.7 Å². The van der Waals surface area contributed by atoms with Gasteiger partial charge in [-0.25, -0.2) is 0 Å². The lowest BCUT2D eigenvalue weighted by atomic mass is 9.88. The number of furan rings is 1. The quantitative estimate of drug-likeness (QED) is 0.327. The van der Waals surface area contributed by atoms with Crippen LogP contribution >= 0.6 is 34.5 Å². The van der Waals surface area contributed by atoms with Crippen molar-refractivity contribution in [3.63, 3.8) is 0 Å². The zero-order chi connectivity index (χ0) is 23.7. The lowest BCUT2D eigenvalue weighted by molar-refractivity contribution is -0.112. The number of hydrogen-bond donors (Lipinski definition) is 2. The number of fused-ring (bicyclic) bond motifs is 1. The van der Waals surface area contributed by atoms with Crippen LogP contribution in [0.4, 0.5) is 5.00 Å². The summed E-state index contributed by atoms with van der Waals surface area (Å²) in [5.74, 6) is 0.000113. The van der Waals surface area contributed by atoms with E-state index < -0.39 is 11.8 Å². The van der Waals surface area contributed by atoms with Crippen LogP contribution in [0.3, 0.4) is 0 Å². The molecule has 33 heavy (non-hydrogen) atoms. The zero-order valence-corrected chi connectivity index (χ0v) is 19.9. The van der Waals surface area contributed by atoms with Crippen LogP contribution in [0.1, 0.15) is 39.9 Å². The van der Waals surface area contributed by atoms with Crippen molar-refractivity contribution < 1.29 is 14.0 Å². The number of rotatable bonds is 5. The number of amides is 2. The van der Waals surface area contributed by atoms with E-state index in [1.807, 2.05) is 6.07 Å². The smallest absolute Gasteiger partial charge is 0.267 e. The molecule has 0 spiro atoms. The minimum atomic E-state index is -0.648. The summed E-state index contributed by atoms with van der Waals surface area (Å²) >= 11 is 13.6. The predicted molar refractivity (Wildman–Crippen MR) is 130 cm³/mol. The zero-order valence-electron chi connectivity index (χ0n) is 17.6. The third-order valence-electron chi connectivity index (χ3n) is 5.46. The normalized spacial score (nSPS) is 15.6. The Labute approximate surface area is 204 Å². The number of primary amides is 1. The van der Waals surface area contributed by atoms with E-state index >= 15 is 0 Å². The first-order valence-corrected chi connectivity index (χ1v) is 11.8. The molecular weight excluding hydrogens is 481 g/mol. The lowest BCUT2D eigenvalue weighted by Crippen LogP contribution is -2.19. The van der Waals surface area contributed by atoms with E-state index in [1.165, 1.54) is 17.4 Å². The fourth-order valence-electron chi connectivity index (χ4n) is 3.82. The maximum Gasteiger partial charge on any atom is 0.267 e. The maximum atomic E-state index is 12.8. The van der Waals surface area contributed by atoms with Crippen LogP contribution in [0.15, 0.2) is 40.3 Å². The molecular formula is C24H19Cl2N3O3S. The summed E-state index contributed by atoms with van der Waals surface area (Å²) < 4.78 is 5.76. The Bertz CT molecular complexity index is 1330. The SMILES string of the molecule is CC1CCc2c(sc(NC(=O)/C(C#N)=C/c3ccc(-c4cc(Cl)ccc4Cl)o3)c2C(N)=O)C1. The molecule has 3 N–H and O–H groups in total. The highest BCUT2D eigenvalue weighted by Gasteiger charge is 2.27. The van der Waals surface area contributed by atoms with Crippen LogP contribution in [-0.2, 0) is 17.6 Å². The van der Waals surface area contributed by atoms with Crippen molar-refractivity contribution in [3.05, 3.63) is 67.7 Å². The number of benzene rings is 1. The molecule has 2 heterocycles. The molecule has 0 bridgehead atoms. The van der Waals surface area contributed by atoms with Crippen LogP contribution < -0.4 is 11.1 Å². The Morgan fingerprint density at radius 2 is 2.09 bits per heavy atom. The van der Waals surface area contributed by atoms with Gasteiger partial charge in [0, 0.05) is 21.5 Å². The molecule has 0 saturated carbocycles. The highest BCUT2D eigenvalue weighted by molar-refractivity contribution is 7.17. The fourth-order valence-corrected chi connectivity index (χ4v) is 5.62. The van der Waals surface area contributed by atoms with Gasteiger partial charge < -0.3 is 15.5 Å². The number of nitriles is 1. The van der Waals surface area contributed by atoms with Crippen molar-refractivity contribution in [1.82, 2.24) is 0 Å². The highest BCUT2D eigenvalue weighted by atomic mass is 35.5. The average molecular weight is 500 g/mol. The second-order valence-electron chi connectivity index (χ2n) is 7.87. The van der Waals surface area contributed by atoms with Gasteiger partial charge in [0.1, 0.15) is 28.2 Å². The Morgan fingerprint density at radius 1 is 1.30 bits per heavy atom. The van der Waals surface area contributed by atoms with Gasteiger partial charge in [0.05, 0.1) is 10.6 Å². The fraction of sp³-hybridized carbons (Fsp3) is 0.208. The average Bonchev–Trinajstić information content (AvgIpc) is 3.37. The predicted octanol–water partition coefficient (Wildman–Crippen LogP) is 6.08. The summed E-state index contributed by atoms with van der Waals surface area (Å²) in [5, 5.41) is 13.6. The Balaban J connectivity index is 1.60. The largest absolute Gasteiger partial charge is 0.457 e. The number of halogens is 2. The van der Waals surface area contributed by atoms with Crippen LogP contribution in [-0.4, -0.2) is 11.8 Å². The first-order valence-electron chi connectivity index (χ1n) is 10.2. The van der Waals surface area contributed by atoms with E-state index in [0.29, 0.717) is 43.6 Å². The van der Waals surface area contributed by atoms with Gasteiger partial charge in [0.25, 0.3) is 11.8 Å². The van der Waals surface area contributed by atoms with Crippen LogP contribution in [0.5, 0.6) is 0 Å². The molecule has 4 rings (SSSR count). The molecule has 1 aromatic carbocycles. The van der Waals surface area contributed by atoms with Gasteiger partial charge in [-0.3, -0.25) is 9.59 Å². The standard InChI is InChI=1S/C24H19Cl2N3O3S/c1-12-2-5-16-20(8-12)33-24(21(16)22(28)30)29-23(31)13(11-27)9-15-4-7-19(32-15)17-10-14(25)3-6-18(17)26/h3-4,6-7,9-10,12H,2,5,8H2,1H3,(H2,28,30)(H,29,31)/b13-9+. The topological polar surface area (TPSA) is 109 Å². The molecule has 3 aromatic rings. The number of hydrogen-bond acceptors (Lipinski definition) is 5. The summed E-state index contributed by atoms with van der Waals surface area (Å²) in [5.41, 5.74) is 7.26. The molecule has 6 nitrogen and oxygen atoms in total. The minimum Gasteiger partial charge on any atom is -0.457 e. The lowest BCUT2D eigenvalue weighted by Gasteiger charge is -2.18. The van der Waals surface area contributed by atoms with Crippen LogP contribution in [0.2, 0.25) is 10.0 Å². The molecule has 0 radical (unpaired) electrons. The van der Waals surface area contributed by atoms with Gasteiger partial charge in [0.15, 0.2) is 0 Å². The summed E-state index contributed by atoms with van der Waals surface area (Å²) in [6, 6.07) is 10.2. The number of nitrogens with zero attached hydrogens (tertiary/aromatic N) is 1. The van der Waals surface area contributed by atoms with Crippen molar-refractivity contribution >= 4 is 57.4 Å². The summed E-state index contributed by atoms with van der Waals surface area (Å²) in [6.45, 7) is 2.15. The molecule has 2 amide bonds. The van der Waals surface area contributed by atoms with Crippen molar-refractivity contribution in [2.24, 2.45) is 11.7 Å². The van der Waals surface area contributed by atoms with Gasteiger partial charge in [-0.1, -0.05) is 30.1 Å². The van der Waals surface area contributed by atoms with Gasteiger partial charge in [0.2, 0.25) is 0 Å². The Kier molecular flexibility index (Phi) is 6.61. The first-order chi connectivity index (χ1) is 15.8. The number of anilines is 1. The van der Waals surface area contributed by atoms with Crippen LogP contribution in [0, 0.1) is 17.2 Å². The first kappa shape index (κ1) is 23.1. The molecule has 1 aliphatic rings. The van der Waals surface area contributed by atoms with Crippen molar-refractivity contribution in [3.8, 4) is 17.4 Å². The van der Waals surface area contributed by atoms with Crippen LogP contribution in [0.25, 0.3) is 17.4 Å². The molecule has 0 fully saturated rings. The van der Waals surface area contributed by atoms with E-state index in [4.69, 9.17) is 33.4 Å². The van der Waals surface area contributed by atoms with Gasteiger partial charge in [-0.15, -0.1) is 11.3 Å². The van der Waals surface area contributed by atoms with E-state index in [1.54, 1.807) is 30.3 Å². The second-order valence-corrected chi connectivity index (χ2v) is 9.82. The van der Waals surface area contributed by atoms with E-state index in [-0.39, 0.29) is 5.57 Å². The summed E-state index contributed by atoms with van der Waals surface area (Å²) in [7, 11) is 0. The maximum absolute atomic E-state index is 12.8. The molecule has 168 valence electrons. The third kappa shape index (κ3) is 4.83. The highest BCUT2D eigenvalue weighted by Crippen LogP contribution is 2.39. The number of thiophene rings is 1. The van der Waals surface area contributed by atoms with Gasteiger partial charge in [-0.2, -0.15) is 5.26 Å². The van der Waals surface area contributed by atoms with Crippen molar-refractivity contribution in [2.75, 3.05) is 5.32 Å². The van der Waals surface area contributed by atoms with Crippen molar-refractivity contribution in [1.29, 1.82) is 5.26 Å². The molecule has 1 atom stereocenters. The number of nitrogens with two attached hydrogens (primary N) is 1. The van der Waals surface area contributed by atoms with Crippen molar-refractivity contribution in [2.45, 2.75) is 26.2 Å². The minimum absolute atomic E-state index is 0.178. The third-order valence-corrected chi connectivity index (χ3v) is 7.19. The Morgan fingerprint density at radius 3 is 2.82 bits per heavy atom. The molecule has 9 heteroatoms. The van der Waals surface area contributed by atoms with Gasteiger partial charge >= 0.3 is 0 Å². The van der Waals surface area contributed by atoms with E-state index in [9.17, 15) is 14.9 Å². The summed E-state index contributed by atoms with van der Waals surface area (Å²) in [4.78, 5) is 26.0. The molecule has 1 aliphatic carbocycles. The molecule has 1 unspecified atom stereocenters. The second kappa shape index (κ2) is 9.44. The summed E-state index contributed by atoms with van der Waals surface area (Å²) in [6.07, 6.45) is 3.86. The van der Waals surface area contributed by atoms with E-state index in [2.05, 4.69) is 12.2 Å². The molecule has 2 aromatic heterocycles.